The number of halogens is 2. The molecule has 6 heteroatoms. The summed E-state index contributed by atoms with van der Waals surface area (Å²) in [4.78, 5) is 11.8. The van der Waals surface area contributed by atoms with E-state index in [9.17, 15) is 9.18 Å². The first-order valence-corrected chi connectivity index (χ1v) is 5.37. The van der Waals surface area contributed by atoms with E-state index in [1.807, 2.05) is 0 Å². The second-order valence-corrected chi connectivity index (χ2v) is 3.75. The molecule has 1 N–H and O–H groups in total. The molecule has 1 aromatic carbocycles. The van der Waals surface area contributed by atoms with Crippen LogP contribution in [0, 0.1) is 5.82 Å². The highest BCUT2D eigenvalue weighted by Crippen LogP contribution is 2.26. The third-order valence-corrected chi connectivity index (χ3v) is 2.57. The van der Waals surface area contributed by atoms with Gasteiger partial charge < -0.3 is 14.5 Å². The Morgan fingerprint density at radius 1 is 1.44 bits per heavy atom. The number of benzene rings is 1. The van der Waals surface area contributed by atoms with Gasteiger partial charge in [0, 0.05) is 6.07 Å². The SMILES string of the molecule is COc1cc(F)ccc1NC(=O)c1ccoc1Cl. The van der Waals surface area contributed by atoms with E-state index in [0.717, 1.165) is 0 Å². The number of carbonyl (C=O) groups excluding carboxylic acids is 1. The molecule has 18 heavy (non-hydrogen) atoms. The Labute approximate surface area is 107 Å². The van der Waals surface area contributed by atoms with Crippen molar-refractivity contribution in [3.8, 4) is 5.75 Å². The van der Waals surface area contributed by atoms with Crippen LogP contribution in [0.1, 0.15) is 10.4 Å². The van der Waals surface area contributed by atoms with Crippen molar-refractivity contribution >= 4 is 23.2 Å². The molecule has 1 aromatic heterocycles. The predicted octanol–water partition coefficient (Wildman–Crippen LogP) is 3.33. The molecular formula is C12H9ClFNO3. The summed E-state index contributed by atoms with van der Waals surface area (Å²) >= 11 is 5.68. The number of hydrogen-bond donors (Lipinski definition) is 1. The van der Waals surface area contributed by atoms with Gasteiger partial charge in [0.25, 0.3) is 5.91 Å². The van der Waals surface area contributed by atoms with Crippen LogP contribution >= 0.6 is 11.6 Å². The van der Waals surface area contributed by atoms with Crippen LogP contribution in [0.15, 0.2) is 34.9 Å². The van der Waals surface area contributed by atoms with Gasteiger partial charge in [-0.25, -0.2) is 4.39 Å². The Kier molecular flexibility index (Phi) is 3.53. The molecule has 0 radical (unpaired) electrons. The van der Waals surface area contributed by atoms with E-state index in [2.05, 4.69) is 5.32 Å². The molecule has 0 fully saturated rings. The number of carbonyl (C=O) groups is 1. The number of rotatable bonds is 3. The van der Waals surface area contributed by atoms with Crippen molar-refractivity contribution in [2.24, 2.45) is 0 Å². The van der Waals surface area contributed by atoms with Gasteiger partial charge >= 0.3 is 0 Å². The molecule has 0 spiro atoms. The van der Waals surface area contributed by atoms with E-state index in [4.69, 9.17) is 20.8 Å². The topological polar surface area (TPSA) is 51.5 Å². The number of anilines is 1. The quantitative estimate of drug-likeness (QED) is 0.930. The molecular weight excluding hydrogens is 261 g/mol. The zero-order chi connectivity index (χ0) is 13.1. The fourth-order valence-electron chi connectivity index (χ4n) is 1.41. The zero-order valence-corrected chi connectivity index (χ0v) is 10.1. The van der Waals surface area contributed by atoms with Gasteiger partial charge in [-0.05, 0) is 29.8 Å². The van der Waals surface area contributed by atoms with Gasteiger partial charge in [0.15, 0.2) is 0 Å². The van der Waals surface area contributed by atoms with Crippen LogP contribution < -0.4 is 10.1 Å². The molecule has 0 aliphatic carbocycles. The number of ether oxygens (including phenoxy) is 1. The Bertz CT molecular complexity index is 582. The molecule has 2 rings (SSSR count). The van der Waals surface area contributed by atoms with Crippen molar-refractivity contribution in [2.45, 2.75) is 0 Å². The van der Waals surface area contributed by atoms with E-state index >= 15 is 0 Å². The van der Waals surface area contributed by atoms with Gasteiger partial charge in [-0.1, -0.05) is 0 Å². The monoisotopic (exact) mass is 269 g/mol. The number of amides is 1. The molecule has 4 nitrogen and oxygen atoms in total. The van der Waals surface area contributed by atoms with Crippen LogP contribution in [0.25, 0.3) is 0 Å². The maximum absolute atomic E-state index is 13.0. The van der Waals surface area contributed by atoms with Gasteiger partial charge in [0.2, 0.25) is 5.22 Å². The van der Waals surface area contributed by atoms with Gasteiger partial charge in [-0.2, -0.15) is 0 Å². The van der Waals surface area contributed by atoms with Crippen LogP contribution in [-0.2, 0) is 0 Å². The fraction of sp³-hybridized carbons (Fsp3) is 0.0833. The largest absolute Gasteiger partial charge is 0.494 e. The van der Waals surface area contributed by atoms with Crippen LogP contribution in [0.3, 0.4) is 0 Å². The maximum Gasteiger partial charge on any atom is 0.260 e. The lowest BCUT2D eigenvalue weighted by Crippen LogP contribution is -2.12. The first-order valence-electron chi connectivity index (χ1n) is 4.99. The first-order chi connectivity index (χ1) is 8.61. The molecule has 0 saturated heterocycles. The smallest absolute Gasteiger partial charge is 0.260 e. The van der Waals surface area contributed by atoms with Crippen molar-refractivity contribution < 1.29 is 18.3 Å². The van der Waals surface area contributed by atoms with E-state index < -0.39 is 11.7 Å². The van der Waals surface area contributed by atoms with Crippen molar-refractivity contribution in [1.29, 1.82) is 0 Å². The van der Waals surface area contributed by atoms with Crippen molar-refractivity contribution in [1.82, 2.24) is 0 Å². The van der Waals surface area contributed by atoms with Crippen LogP contribution in [0.4, 0.5) is 10.1 Å². The lowest BCUT2D eigenvalue weighted by molar-refractivity contribution is 0.102. The summed E-state index contributed by atoms with van der Waals surface area (Å²) < 4.78 is 22.8. The summed E-state index contributed by atoms with van der Waals surface area (Å²) in [6.07, 6.45) is 1.30. The molecule has 2 aromatic rings. The number of nitrogens with one attached hydrogen (secondary N) is 1. The summed E-state index contributed by atoms with van der Waals surface area (Å²) in [6.45, 7) is 0. The van der Waals surface area contributed by atoms with Crippen molar-refractivity contribution in [3.63, 3.8) is 0 Å². The molecule has 0 bridgehead atoms. The predicted molar refractivity (Wildman–Crippen MR) is 64.6 cm³/mol. The molecule has 0 unspecified atom stereocenters. The highest BCUT2D eigenvalue weighted by Gasteiger charge is 2.15. The first kappa shape index (κ1) is 12.4. The van der Waals surface area contributed by atoms with Crippen LogP contribution in [-0.4, -0.2) is 13.0 Å². The fourth-order valence-corrected chi connectivity index (χ4v) is 1.61. The lowest BCUT2D eigenvalue weighted by Gasteiger charge is -2.09. The third kappa shape index (κ3) is 2.46. The summed E-state index contributed by atoms with van der Waals surface area (Å²) in [7, 11) is 1.38. The van der Waals surface area contributed by atoms with Crippen LogP contribution in [0.5, 0.6) is 5.75 Å². The maximum atomic E-state index is 13.0. The summed E-state index contributed by atoms with van der Waals surface area (Å²) in [5.41, 5.74) is 0.546. The molecule has 94 valence electrons. The Hall–Kier alpha value is -2.01. The van der Waals surface area contributed by atoms with E-state index in [1.54, 1.807) is 0 Å². The molecule has 0 saturated carbocycles. The minimum atomic E-state index is -0.460. The normalized spacial score (nSPS) is 10.2. The standard InChI is InChI=1S/C12H9ClFNO3/c1-17-10-6-7(14)2-3-9(10)15-12(16)8-4-5-18-11(8)13/h2-6H,1H3,(H,15,16). The van der Waals surface area contributed by atoms with E-state index in [1.165, 1.54) is 37.6 Å². The highest BCUT2D eigenvalue weighted by molar-refractivity contribution is 6.32. The summed E-state index contributed by atoms with van der Waals surface area (Å²) in [5, 5.41) is 2.55. The second-order valence-electron chi connectivity index (χ2n) is 3.41. The van der Waals surface area contributed by atoms with Crippen LogP contribution in [0.2, 0.25) is 5.22 Å². The lowest BCUT2D eigenvalue weighted by atomic mass is 10.2. The molecule has 0 aliphatic heterocycles. The zero-order valence-electron chi connectivity index (χ0n) is 9.37. The van der Waals surface area contributed by atoms with Crippen molar-refractivity contribution in [3.05, 3.63) is 47.1 Å². The minimum absolute atomic E-state index is 0.00595. The average Bonchev–Trinajstić information content (AvgIpc) is 2.77. The molecule has 1 heterocycles. The van der Waals surface area contributed by atoms with Gasteiger partial charge in [0.1, 0.15) is 11.6 Å². The number of furan rings is 1. The van der Waals surface area contributed by atoms with Gasteiger partial charge in [-0.3, -0.25) is 4.79 Å². The van der Waals surface area contributed by atoms with E-state index in [0.29, 0.717) is 5.69 Å². The molecule has 0 aliphatic rings. The van der Waals surface area contributed by atoms with Crippen molar-refractivity contribution in [2.75, 3.05) is 12.4 Å². The molecule has 1 amide bonds. The Morgan fingerprint density at radius 2 is 2.22 bits per heavy atom. The minimum Gasteiger partial charge on any atom is -0.494 e. The summed E-state index contributed by atoms with van der Waals surface area (Å²) in [5.74, 6) is -0.687. The Morgan fingerprint density at radius 3 is 2.83 bits per heavy atom. The molecule has 0 atom stereocenters. The average molecular weight is 270 g/mol. The Balaban J connectivity index is 2.24. The number of methoxy groups -OCH3 is 1. The van der Waals surface area contributed by atoms with Gasteiger partial charge in [0.05, 0.1) is 24.6 Å². The second kappa shape index (κ2) is 5.10. The summed E-state index contributed by atoms with van der Waals surface area (Å²) in [6, 6.07) is 5.23. The van der Waals surface area contributed by atoms with Gasteiger partial charge in [-0.15, -0.1) is 0 Å². The third-order valence-electron chi connectivity index (χ3n) is 2.27. The van der Waals surface area contributed by atoms with E-state index in [-0.39, 0.29) is 16.5 Å². The highest BCUT2D eigenvalue weighted by atomic mass is 35.5. The number of hydrogen-bond acceptors (Lipinski definition) is 3.